The Labute approximate surface area is 392 Å². The van der Waals surface area contributed by atoms with Crippen LogP contribution >= 0.6 is 0 Å². The zero-order chi connectivity index (χ0) is 44.7. The van der Waals surface area contributed by atoms with Crippen molar-refractivity contribution in [2.75, 3.05) is 4.90 Å². The maximum absolute atomic E-state index is 2.48. The van der Waals surface area contributed by atoms with Crippen molar-refractivity contribution < 1.29 is 0 Å². The molecule has 13 rings (SSSR count). The largest absolute Gasteiger partial charge is 0.310 e. The van der Waals surface area contributed by atoms with Crippen LogP contribution in [0.2, 0.25) is 0 Å². The molecule has 0 bridgehead atoms. The summed E-state index contributed by atoms with van der Waals surface area (Å²) < 4.78 is 0. The summed E-state index contributed by atoms with van der Waals surface area (Å²) in [5.74, 6) is 0. The van der Waals surface area contributed by atoms with Gasteiger partial charge < -0.3 is 4.90 Å². The Kier molecular flexibility index (Phi) is 8.85. The van der Waals surface area contributed by atoms with Crippen molar-refractivity contribution in [3.8, 4) is 44.5 Å². The van der Waals surface area contributed by atoms with Gasteiger partial charge in [0.05, 0.1) is 5.41 Å². The Bertz CT molecular complexity index is 3660. The molecular formula is C66H47N. The molecule has 0 saturated carbocycles. The van der Waals surface area contributed by atoms with Crippen molar-refractivity contribution in [3.05, 3.63) is 282 Å². The smallest absolute Gasteiger partial charge is 0.0714 e. The predicted molar refractivity (Wildman–Crippen MR) is 282 cm³/mol. The van der Waals surface area contributed by atoms with E-state index in [0.29, 0.717) is 0 Å². The summed E-state index contributed by atoms with van der Waals surface area (Å²) in [4.78, 5) is 2.48. The van der Waals surface area contributed by atoms with Gasteiger partial charge in [0, 0.05) is 22.5 Å². The fourth-order valence-electron chi connectivity index (χ4n) is 11.9. The average molecular weight is 854 g/mol. The van der Waals surface area contributed by atoms with Gasteiger partial charge in [-0.05, 0) is 136 Å². The zero-order valence-electron chi connectivity index (χ0n) is 37.6. The molecule has 0 heterocycles. The van der Waals surface area contributed by atoms with Crippen LogP contribution in [0.5, 0.6) is 0 Å². The summed E-state index contributed by atoms with van der Waals surface area (Å²) >= 11 is 0. The Balaban J connectivity index is 1.03. The molecule has 0 aromatic heterocycles. The van der Waals surface area contributed by atoms with Crippen LogP contribution in [0.25, 0.3) is 66.1 Å². The fraction of sp³-hybridized carbons (Fsp3) is 0.0606. The van der Waals surface area contributed by atoms with Crippen molar-refractivity contribution in [2.45, 2.75) is 24.7 Å². The van der Waals surface area contributed by atoms with E-state index in [1.807, 2.05) is 0 Å². The second-order valence-corrected chi connectivity index (χ2v) is 18.8. The molecule has 0 aliphatic heterocycles. The van der Waals surface area contributed by atoms with Gasteiger partial charge >= 0.3 is 0 Å². The molecule has 0 unspecified atom stereocenters. The van der Waals surface area contributed by atoms with Crippen LogP contribution < -0.4 is 4.90 Å². The SMILES string of the molecule is CC1(C)c2ccc(N(c3ccc(-c4cccc5cccc(-c6ccccc6)c45)cc3)c3cccc(C4(c5ccccc5)c5ccccc5-c5ccccc54)c3)cc2-c2c1ccc1ccccc21. The molecular weight excluding hydrogens is 807 g/mol. The molecule has 0 spiro atoms. The van der Waals surface area contributed by atoms with Gasteiger partial charge in [0.2, 0.25) is 0 Å². The van der Waals surface area contributed by atoms with Crippen LogP contribution in [0, 0.1) is 0 Å². The molecule has 11 aromatic carbocycles. The molecule has 11 aromatic rings. The molecule has 2 aliphatic carbocycles. The van der Waals surface area contributed by atoms with Gasteiger partial charge in [-0.2, -0.15) is 0 Å². The minimum atomic E-state index is -0.523. The van der Waals surface area contributed by atoms with Crippen molar-refractivity contribution in [1.82, 2.24) is 0 Å². The van der Waals surface area contributed by atoms with E-state index in [9.17, 15) is 0 Å². The van der Waals surface area contributed by atoms with E-state index in [-0.39, 0.29) is 5.41 Å². The van der Waals surface area contributed by atoms with E-state index in [0.717, 1.165) is 17.1 Å². The van der Waals surface area contributed by atoms with Crippen LogP contribution in [0.3, 0.4) is 0 Å². The van der Waals surface area contributed by atoms with E-state index >= 15 is 0 Å². The first-order chi connectivity index (χ1) is 33.0. The second kappa shape index (κ2) is 15.2. The third kappa shape index (κ3) is 5.88. The first-order valence-corrected chi connectivity index (χ1v) is 23.5. The van der Waals surface area contributed by atoms with Crippen molar-refractivity contribution >= 4 is 38.6 Å². The number of hydrogen-bond donors (Lipinski definition) is 0. The van der Waals surface area contributed by atoms with Crippen molar-refractivity contribution in [3.63, 3.8) is 0 Å². The highest BCUT2D eigenvalue weighted by Gasteiger charge is 2.46. The number of rotatable bonds is 7. The molecule has 0 saturated heterocycles. The molecule has 1 nitrogen and oxygen atoms in total. The lowest BCUT2D eigenvalue weighted by atomic mass is 9.67. The van der Waals surface area contributed by atoms with Crippen LogP contribution in [-0.4, -0.2) is 0 Å². The van der Waals surface area contributed by atoms with E-state index in [4.69, 9.17) is 0 Å². The van der Waals surface area contributed by atoms with Gasteiger partial charge in [-0.15, -0.1) is 0 Å². The van der Waals surface area contributed by atoms with Gasteiger partial charge in [-0.3, -0.25) is 0 Å². The van der Waals surface area contributed by atoms with Crippen LogP contribution in [0.15, 0.2) is 249 Å². The number of anilines is 3. The molecule has 0 atom stereocenters. The average Bonchev–Trinajstić information content (AvgIpc) is 3.82. The monoisotopic (exact) mass is 853 g/mol. The van der Waals surface area contributed by atoms with E-state index < -0.39 is 5.41 Å². The summed E-state index contributed by atoms with van der Waals surface area (Å²) in [5, 5.41) is 5.07. The lowest BCUT2D eigenvalue weighted by molar-refractivity contribution is 0.661. The lowest BCUT2D eigenvalue weighted by Crippen LogP contribution is -2.28. The fourth-order valence-corrected chi connectivity index (χ4v) is 11.9. The Morgan fingerprint density at radius 2 is 0.836 bits per heavy atom. The highest BCUT2D eigenvalue weighted by Crippen LogP contribution is 2.57. The minimum absolute atomic E-state index is 0.137. The first kappa shape index (κ1) is 39.1. The normalized spacial score (nSPS) is 13.8. The summed E-state index contributed by atoms with van der Waals surface area (Å²) in [6.45, 7) is 4.76. The van der Waals surface area contributed by atoms with Gasteiger partial charge in [-0.1, -0.05) is 226 Å². The Morgan fingerprint density at radius 1 is 0.313 bits per heavy atom. The summed E-state index contributed by atoms with van der Waals surface area (Å²) in [7, 11) is 0. The van der Waals surface area contributed by atoms with E-state index in [2.05, 4.69) is 267 Å². The van der Waals surface area contributed by atoms with Crippen molar-refractivity contribution in [2.24, 2.45) is 0 Å². The van der Waals surface area contributed by atoms with Crippen molar-refractivity contribution in [1.29, 1.82) is 0 Å². The molecule has 0 amide bonds. The first-order valence-electron chi connectivity index (χ1n) is 23.5. The summed E-state index contributed by atoms with van der Waals surface area (Å²) in [6.07, 6.45) is 0. The maximum atomic E-state index is 2.48. The standard InChI is InChI=1S/C66H47N/c1-65(2)59-41-39-52(43-58(59)64-55-27-10-9-20-45(55)36-40-62(64)65)67(50-37-34-46(35-38-50)54-31-16-22-47-21-15-30-53(63(47)54)44-18-5-3-6-19-44)51-26-17-25-49(42-51)66(48-23-7-4-8-24-48)60-32-13-11-28-56(60)57-29-12-14-33-61(57)66/h3-43H,1-2H3. The highest BCUT2D eigenvalue weighted by molar-refractivity contribution is 6.07. The third-order valence-corrected chi connectivity index (χ3v) is 14.9. The van der Waals surface area contributed by atoms with Crippen LogP contribution in [0.1, 0.15) is 47.2 Å². The molecule has 0 fully saturated rings. The van der Waals surface area contributed by atoms with Crippen LogP contribution in [-0.2, 0) is 10.8 Å². The Hall–Kier alpha value is -8.26. The topological polar surface area (TPSA) is 3.24 Å². The maximum Gasteiger partial charge on any atom is 0.0714 e. The number of hydrogen-bond acceptors (Lipinski definition) is 1. The van der Waals surface area contributed by atoms with E-state index in [1.54, 1.807) is 0 Å². The highest BCUT2D eigenvalue weighted by atomic mass is 15.1. The molecule has 1 heteroatoms. The van der Waals surface area contributed by atoms with Gasteiger partial charge in [0.15, 0.2) is 0 Å². The minimum Gasteiger partial charge on any atom is -0.310 e. The Morgan fingerprint density at radius 3 is 1.55 bits per heavy atom. The van der Waals surface area contributed by atoms with Crippen LogP contribution in [0.4, 0.5) is 17.1 Å². The lowest BCUT2D eigenvalue weighted by Gasteiger charge is -2.35. The third-order valence-electron chi connectivity index (χ3n) is 14.9. The molecule has 0 radical (unpaired) electrons. The molecule has 0 N–H and O–H groups in total. The molecule has 2 aliphatic rings. The van der Waals surface area contributed by atoms with Gasteiger partial charge in [-0.25, -0.2) is 0 Å². The van der Waals surface area contributed by atoms with Gasteiger partial charge in [0.25, 0.3) is 0 Å². The quantitative estimate of drug-likeness (QED) is 0.154. The number of fused-ring (bicyclic) bond motifs is 9. The van der Waals surface area contributed by atoms with E-state index in [1.165, 1.54) is 99.4 Å². The van der Waals surface area contributed by atoms with Gasteiger partial charge in [0.1, 0.15) is 0 Å². The number of nitrogens with zero attached hydrogens (tertiary/aromatic N) is 1. The molecule has 67 heavy (non-hydrogen) atoms. The predicted octanol–water partition coefficient (Wildman–Crippen LogP) is 17.5. The number of benzene rings is 11. The summed E-state index contributed by atoms with van der Waals surface area (Å²) in [5.41, 5.74) is 20.6. The molecule has 316 valence electrons. The summed E-state index contributed by atoms with van der Waals surface area (Å²) in [6, 6.07) is 92.6. The zero-order valence-corrected chi connectivity index (χ0v) is 37.6. The second-order valence-electron chi connectivity index (χ2n) is 18.8.